The van der Waals surface area contributed by atoms with Crippen molar-refractivity contribution >= 4 is 17.5 Å². The highest BCUT2D eigenvalue weighted by Gasteiger charge is 2.25. The number of rotatable bonds is 2. The third kappa shape index (κ3) is 2.76. The van der Waals surface area contributed by atoms with Crippen LogP contribution in [0.5, 0.6) is 0 Å². The maximum atomic E-state index is 13.0. The largest absolute Gasteiger partial charge is 0.343 e. The Bertz CT molecular complexity index is 439. The van der Waals surface area contributed by atoms with Crippen LogP contribution in [0.3, 0.4) is 0 Å². The average Bonchev–Trinajstić information content (AvgIpc) is 2.30. The highest BCUT2D eigenvalue weighted by atomic mass is 35.5. The van der Waals surface area contributed by atoms with Gasteiger partial charge in [-0.2, -0.15) is 0 Å². The summed E-state index contributed by atoms with van der Waals surface area (Å²) < 4.78 is 13.0. The van der Waals surface area contributed by atoms with Gasteiger partial charge in [0.15, 0.2) is 0 Å². The Morgan fingerprint density at radius 1 is 1.59 bits per heavy atom. The van der Waals surface area contributed by atoms with Crippen molar-refractivity contribution in [1.82, 2.24) is 10.2 Å². The Morgan fingerprint density at radius 2 is 2.35 bits per heavy atom. The van der Waals surface area contributed by atoms with Crippen molar-refractivity contribution in [3.05, 3.63) is 34.6 Å². The molecule has 1 heterocycles. The Kier molecular flexibility index (Phi) is 3.64. The van der Waals surface area contributed by atoms with Gasteiger partial charge in [-0.25, -0.2) is 4.39 Å². The first-order chi connectivity index (χ1) is 8.08. The molecule has 1 unspecified atom stereocenters. The second kappa shape index (κ2) is 5.02. The van der Waals surface area contributed by atoms with Gasteiger partial charge in [-0.3, -0.25) is 4.79 Å². The molecule has 2 rings (SSSR count). The van der Waals surface area contributed by atoms with E-state index in [4.69, 9.17) is 11.6 Å². The quantitative estimate of drug-likeness (QED) is 0.869. The molecule has 1 atom stereocenters. The normalized spacial score (nSPS) is 20.8. The number of piperazine rings is 1. The van der Waals surface area contributed by atoms with Crippen LogP contribution in [0, 0.1) is 5.82 Å². The van der Waals surface area contributed by atoms with Gasteiger partial charge in [0, 0.05) is 20.1 Å². The molecule has 3 nitrogen and oxygen atoms in total. The van der Waals surface area contributed by atoms with Gasteiger partial charge in [0.1, 0.15) is 5.82 Å². The number of likely N-dealkylation sites (N-methyl/N-ethyl adjacent to an activating group) is 1. The molecule has 17 heavy (non-hydrogen) atoms. The first kappa shape index (κ1) is 12.3. The topological polar surface area (TPSA) is 32.3 Å². The minimum Gasteiger partial charge on any atom is -0.343 e. The molecule has 1 aromatic carbocycles. The standard InChI is InChI=1S/C12H14ClFN2O/c1-16-5-4-15-11(12(16)17)7-8-2-3-10(14)9(13)6-8/h2-3,6,11,15H,4-5,7H2,1H3. The summed E-state index contributed by atoms with van der Waals surface area (Å²) in [5, 5.41) is 3.25. The van der Waals surface area contributed by atoms with Crippen molar-refractivity contribution in [2.24, 2.45) is 0 Å². The van der Waals surface area contributed by atoms with Crippen LogP contribution in [0.4, 0.5) is 4.39 Å². The van der Waals surface area contributed by atoms with Crippen LogP contribution < -0.4 is 5.32 Å². The predicted molar refractivity (Wildman–Crippen MR) is 64.5 cm³/mol. The number of hydrogen-bond donors (Lipinski definition) is 1. The molecule has 0 spiro atoms. The first-order valence-electron chi connectivity index (χ1n) is 5.50. The first-order valence-corrected chi connectivity index (χ1v) is 5.88. The van der Waals surface area contributed by atoms with Gasteiger partial charge >= 0.3 is 0 Å². The van der Waals surface area contributed by atoms with Crippen molar-refractivity contribution in [2.45, 2.75) is 12.5 Å². The number of hydrogen-bond acceptors (Lipinski definition) is 2. The molecule has 1 aliphatic heterocycles. The van der Waals surface area contributed by atoms with Crippen LogP contribution in [0.2, 0.25) is 5.02 Å². The van der Waals surface area contributed by atoms with Crippen molar-refractivity contribution in [1.29, 1.82) is 0 Å². The summed E-state index contributed by atoms with van der Waals surface area (Å²) in [4.78, 5) is 13.5. The van der Waals surface area contributed by atoms with Crippen molar-refractivity contribution < 1.29 is 9.18 Å². The van der Waals surface area contributed by atoms with Crippen molar-refractivity contribution in [3.63, 3.8) is 0 Å². The van der Waals surface area contributed by atoms with E-state index in [1.165, 1.54) is 6.07 Å². The molecular weight excluding hydrogens is 243 g/mol. The smallest absolute Gasteiger partial charge is 0.239 e. The Morgan fingerprint density at radius 3 is 3.06 bits per heavy atom. The fourth-order valence-electron chi connectivity index (χ4n) is 1.93. The Labute approximate surface area is 105 Å². The van der Waals surface area contributed by atoms with Gasteiger partial charge in [-0.15, -0.1) is 0 Å². The van der Waals surface area contributed by atoms with Gasteiger partial charge in [0.2, 0.25) is 5.91 Å². The summed E-state index contributed by atoms with van der Waals surface area (Å²) in [5.74, 6) is -0.368. The van der Waals surface area contributed by atoms with E-state index >= 15 is 0 Å². The minimum atomic E-state index is -0.435. The molecule has 92 valence electrons. The summed E-state index contributed by atoms with van der Waals surface area (Å²) in [7, 11) is 1.79. The predicted octanol–water partition coefficient (Wildman–Crippen LogP) is 1.45. The number of nitrogens with zero attached hydrogens (tertiary/aromatic N) is 1. The van der Waals surface area contributed by atoms with Crippen LogP contribution in [0.25, 0.3) is 0 Å². The Hall–Kier alpha value is -1.13. The maximum absolute atomic E-state index is 13.0. The third-order valence-electron chi connectivity index (χ3n) is 2.94. The highest BCUT2D eigenvalue weighted by molar-refractivity contribution is 6.30. The maximum Gasteiger partial charge on any atom is 0.239 e. The minimum absolute atomic E-state index is 0.0664. The molecule has 1 saturated heterocycles. The second-order valence-corrected chi connectivity index (χ2v) is 4.63. The lowest BCUT2D eigenvalue weighted by Crippen LogP contribution is -2.54. The lowest BCUT2D eigenvalue weighted by Gasteiger charge is -2.30. The van der Waals surface area contributed by atoms with Crippen LogP contribution >= 0.6 is 11.6 Å². The van der Waals surface area contributed by atoms with Crippen LogP contribution in [-0.2, 0) is 11.2 Å². The highest BCUT2D eigenvalue weighted by Crippen LogP contribution is 2.17. The zero-order chi connectivity index (χ0) is 12.4. The van der Waals surface area contributed by atoms with Gasteiger partial charge < -0.3 is 10.2 Å². The van der Waals surface area contributed by atoms with Crippen LogP contribution in [0.1, 0.15) is 5.56 Å². The molecule has 1 N–H and O–H groups in total. The molecule has 1 aromatic rings. The van der Waals surface area contributed by atoms with Crippen molar-refractivity contribution in [3.8, 4) is 0 Å². The van der Waals surface area contributed by atoms with E-state index in [0.29, 0.717) is 6.42 Å². The van der Waals surface area contributed by atoms with E-state index in [2.05, 4.69) is 5.32 Å². The molecule has 1 aliphatic rings. The molecule has 0 saturated carbocycles. The molecule has 1 amide bonds. The fraction of sp³-hybridized carbons (Fsp3) is 0.417. The zero-order valence-electron chi connectivity index (χ0n) is 9.54. The summed E-state index contributed by atoms with van der Waals surface area (Å²) in [6, 6.07) is 4.31. The van der Waals surface area contributed by atoms with Gasteiger partial charge in [-0.05, 0) is 24.1 Å². The summed E-state index contributed by atoms with van der Waals surface area (Å²) in [5.41, 5.74) is 0.859. The molecule has 0 aliphatic carbocycles. The summed E-state index contributed by atoms with van der Waals surface area (Å²) in [6.07, 6.45) is 0.531. The van der Waals surface area contributed by atoms with E-state index < -0.39 is 5.82 Å². The third-order valence-corrected chi connectivity index (χ3v) is 3.23. The van der Waals surface area contributed by atoms with Crippen molar-refractivity contribution in [2.75, 3.05) is 20.1 Å². The number of carbonyl (C=O) groups is 1. The molecule has 0 radical (unpaired) electrons. The number of carbonyl (C=O) groups excluding carboxylic acids is 1. The molecule has 5 heteroatoms. The molecule has 0 aromatic heterocycles. The number of amides is 1. The molecule has 0 bridgehead atoms. The van der Waals surface area contributed by atoms with E-state index in [-0.39, 0.29) is 17.0 Å². The number of nitrogens with one attached hydrogen (secondary N) is 1. The van der Waals surface area contributed by atoms with Gasteiger partial charge in [-0.1, -0.05) is 17.7 Å². The van der Waals surface area contributed by atoms with Crippen LogP contribution in [0.15, 0.2) is 18.2 Å². The van der Waals surface area contributed by atoms with E-state index in [0.717, 1.165) is 18.7 Å². The number of benzene rings is 1. The molecule has 1 fully saturated rings. The second-order valence-electron chi connectivity index (χ2n) is 4.22. The molecular formula is C12H14ClFN2O. The summed E-state index contributed by atoms with van der Waals surface area (Å²) in [6.45, 7) is 1.50. The monoisotopic (exact) mass is 256 g/mol. The lowest BCUT2D eigenvalue weighted by molar-refractivity contribution is -0.134. The van der Waals surface area contributed by atoms with Gasteiger partial charge in [0.25, 0.3) is 0 Å². The van der Waals surface area contributed by atoms with Crippen LogP contribution in [-0.4, -0.2) is 37.0 Å². The van der Waals surface area contributed by atoms with Gasteiger partial charge in [0.05, 0.1) is 11.1 Å². The SMILES string of the molecule is CN1CCNC(Cc2ccc(F)c(Cl)c2)C1=O. The zero-order valence-corrected chi connectivity index (χ0v) is 10.3. The average molecular weight is 257 g/mol. The number of halogens is 2. The van der Waals surface area contributed by atoms with E-state index in [9.17, 15) is 9.18 Å². The fourth-order valence-corrected chi connectivity index (χ4v) is 2.13. The Balaban J connectivity index is 2.09. The van der Waals surface area contributed by atoms with E-state index in [1.54, 1.807) is 24.1 Å². The van der Waals surface area contributed by atoms with E-state index in [1.807, 2.05) is 0 Å². The summed E-state index contributed by atoms with van der Waals surface area (Å²) >= 11 is 5.71. The lowest BCUT2D eigenvalue weighted by atomic mass is 10.0.